The molecule has 0 radical (unpaired) electrons. The fourth-order valence-electron chi connectivity index (χ4n) is 2.21. The van der Waals surface area contributed by atoms with E-state index in [0.29, 0.717) is 34.9 Å². The van der Waals surface area contributed by atoms with E-state index in [9.17, 15) is 4.79 Å². The Kier molecular flexibility index (Phi) is 5.29. The zero-order valence-corrected chi connectivity index (χ0v) is 13.6. The number of amides is 1. The van der Waals surface area contributed by atoms with Crippen molar-refractivity contribution in [1.82, 2.24) is 5.32 Å². The third-order valence-electron chi connectivity index (χ3n) is 3.49. The van der Waals surface area contributed by atoms with Crippen molar-refractivity contribution in [3.63, 3.8) is 0 Å². The number of halogens is 2. The summed E-state index contributed by atoms with van der Waals surface area (Å²) in [5.41, 5.74) is 0.226. The summed E-state index contributed by atoms with van der Waals surface area (Å²) in [5.74, 6) is 0.326. The van der Waals surface area contributed by atoms with Gasteiger partial charge in [-0.15, -0.1) is 0 Å². The molecule has 2 rings (SSSR count). The molecule has 110 valence electrons. The van der Waals surface area contributed by atoms with Crippen LogP contribution in [0.25, 0.3) is 0 Å². The molecule has 20 heavy (non-hydrogen) atoms. The molecule has 0 aromatic heterocycles. The number of methoxy groups -OCH3 is 1. The second kappa shape index (κ2) is 6.78. The molecule has 4 nitrogen and oxygen atoms in total. The molecule has 1 aliphatic rings. The normalized spacial score (nSPS) is 17.6. The van der Waals surface area contributed by atoms with E-state index in [1.165, 1.54) is 7.11 Å². The molecule has 1 aromatic carbocycles. The first kappa shape index (κ1) is 15.6. The average molecular weight is 363 g/mol. The Morgan fingerprint density at radius 1 is 1.50 bits per heavy atom. The highest BCUT2D eigenvalue weighted by atomic mass is 79.9. The van der Waals surface area contributed by atoms with Crippen molar-refractivity contribution in [2.45, 2.75) is 18.4 Å². The second-order valence-corrected chi connectivity index (χ2v) is 5.82. The van der Waals surface area contributed by atoms with Crippen LogP contribution in [0, 0.1) is 0 Å². The van der Waals surface area contributed by atoms with Crippen LogP contribution < -0.4 is 10.1 Å². The first-order valence-electron chi connectivity index (χ1n) is 6.40. The minimum absolute atomic E-state index is 0.153. The molecule has 0 unspecified atom stereocenters. The van der Waals surface area contributed by atoms with Crippen LogP contribution >= 0.6 is 27.5 Å². The van der Waals surface area contributed by atoms with Gasteiger partial charge in [-0.05, 0) is 31.0 Å². The van der Waals surface area contributed by atoms with E-state index < -0.39 is 0 Å². The molecule has 0 spiro atoms. The summed E-state index contributed by atoms with van der Waals surface area (Å²) in [7, 11) is 1.52. The number of carbonyl (C=O) groups excluding carboxylic acids is 1. The second-order valence-electron chi connectivity index (χ2n) is 4.83. The van der Waals surface area contributed by atoms with Crippen molar-refractivity contribution < 1.29 is 14.3 Å². The van der Waals surface area contributed by atoms with Gasteiger partial charge in [-0.1, -0.05) is 27.5 Å². The minimum Gasteiger partial charge on any atom is -0.496 e. The van der Waals surface area contributed by atoms with Gasteiger partial charge in [0.15, 0.2) is 0 Å². The molecule has 0 bridgehead atoms. The zero-order valence-electron chi connectivity index (χ0n) is 11.2. The Balaban J connectivity index is 2.18. The van der Waals surface area contributed by atoms with Crippen LogP contribution in [-0.4, -0.2) is 37.1 Å². The first-order valence-corrected chi connectivity index (χ1v) is 7.90. The van der Waals surface area contributed by atoms with Gasteiger partial charge in [-0.25, -0.2) is 0 Å². The quantitative estimate of drug-likeness (QED) is 0.838. The highest BCUT2D eigenvalue weighted by Crippen LogP contribution is 2.27. The number of alkyl halides is 1. The lowest BCUT2D eigenvalue weighted by Crippen LogP contribution is -2.53. The van der Waals surface area contributed by atoms with Crippen LogP contribution in [0.4, 0.5) is 0 Å². The SMILES string of the molecule is COc1cc(Cl)ccc1C(=O)NC1(CBr)CCOCC1. The van der Waals surface area contributed by atoms with E-state index >= 15 is 0 Å². The molecule has 1 fully saturated rings. The van der Waals surface area contributed by atoms with Crippen molar-refractivity contribution >= 4 is 33.4 Å². The fourth-order valence-corrected chi connectivity index (χ4v) is 3.08. The Hall–Kier alpha value is -0.780. The topological polar surface area (TPSA) is 47.6 Å². The smallest absolute Gasteiger partial charge is 0.255 e. The molecule has 0 aliphatic carbocycles. The van der Waals surface area contributed by atoms with E-state index in [-0.39, 0.29) is 11.4 Å². The van der Waals surface area contributed by atoms with Crippen molar-refractivity contribution in [3.8, 4) is 5.75 Å². The lowest BCUT2D eigenvalue weighted by molar-refractivity contribution is 0.0441. The summed E-state index contributed by atoms with van der Waals surface area (Å²) in [4.78, 5) is 12.5. The van der Waals surface area contributed by atoms with Gasteiger partial charge in [-0.2, -0.15) is 0 Å². The van der Waals surface area contributed by atoms with Gasteiger partial charge in [0.2, 0.25) is 0 Å². The van der Waals surface area contributed by atoms with E-state index in [4.69, 9.17) is 21.1 Å². The number of ether oxygens (including phenoxy) is 2. The molecule has 1 amide bonds. The van der Waals surface area contributed by atoms with Crippen molar-refractivity contribution in [1.29, 1.82) is 0 Å². The molecule has 6 heteroatoms. The number of nitrogens with one attached hydrogen (secondary N) is 1. The number of rotatable bonds is 4. The predicted octanol–water partition coefficient (Wildman–Crippen LogP) is 3.02. The Morgan fingerprint density at radius 3 is 2.80 bits per heavy atom. The summed E-state index contributed by atoms with van der Waals surface area (Å²) >= 11 is 9.40. The summed E-state index contributed by atoms with van der Waals surface area (Å²) in [6.07, 6.45) is 1.58. The van der Waals surface area contributed by atoms with Gasteiger partial charge in [0.1, 0.15) is 5.75 Å². The van der Waals surface area contributed by atoms with Gasteiger partial charge in [0.05, 0.1) is 18.2 Å². The Morgan fingerprint density at radius 2 is 2.20 bits per heavy atom. The van der Waals surface area contributed by atoms with Crippen LogP contribution in [0.3, 0.4) is 0 Å². The molecule has 0 saturated carbocycles. The Bertz CT molecular complexity index is 489. The molecular weight excluding hydrogens is 346 g/mol. The van der Waals surface area contributed by atoms with E-state index in [2.05, 4.69) is 21.2 Å². The summed E-state index contributed by atoms with van der Waals surface area (Å²) < 4.78 is 10.6. The zero-order chi connectivity index (χ0) is 14.6. The number of carbonyl (C=O) groups is 1. The van der Waals surface area contributed by atoms with Gasteiger partial charge in [0, 0.05) is 23.6 Å². The highest BCUT2D eigenvalue weighted by Gasteiger charge is 2.33. The highest BCUT2D eigenvalue weighted by molar-refractivity contribution is 9.09. The third kappa shape index (κ3) is 3.45. The molecule has 0 atom stereocenters. The number of benzene rings is 1. The van der Waals surface area contributed by atoms with E-state index in [1.807, 2.05) is 0 Å². The van der Waals surface area contributed by atoms with E-state index in [0.717, 1.165) is 12.8 Å². The van der Waals surface area contributed by atoms with E-state index in [1.54, 1.807) is 18.2 Å². The van der Waals surface area contributed by atoms with Crippen LogP contribution in [0.15, 0.2) is 18.2 Å². The van der Waals surface area contributed by atoms with Crippen molar-refractivity contribution in [2.24, 2.45) is 0 Å². The van der Waals surface area contributed by atoms with Gasteiger partial charge >= 0.3 is 0 Å². The maximum atomic E-state index is 12.5. The van der Waals surface area contributed by atoms with Crippen LogP contribution in [0.5, 0.6) is 5.75 Å². The molecule has 1 aromatic rings. The van der Waals surface area contributed by atoms with Gasteiger partial charge in [-0.3, -0.25) is 4.79 Å². The molecular formula is C14H17BrClNO3. The van der Waals surface area contributed by atoms with Crippen LogP contribution in [-0.2, 0) is 4.74 Å². The maximum Gasteiger partial charge on any atom is 0.255 e. The van der Waals surface area contributed by atoms with Crippen LogP contribution in [0.1, 0.15) is 23.2 Å². The lowest BCUT2D eigenvalue weighted by Gasteiger charge is -2.36. The van der Waals surface area contributed by atoms with Crippen molar-refractivity contribution in [3.05, 3.63) is 28.8 Å². The fraction of sp³-hybridized carbons (Fsp3) is 0.500. The Labute approximate surface area is 131 Å². The largest absolute Gasteiger partial charge is 0.496 e. The standard InChI is InChI=1S/C14H17BrClNO3/c1-19-12-8-10(16)2-3-11(12)13(18)17-14(9-15)4-6-20-7-5-14/h2-3,8H,4-7,9H2,1H3,(H,17,18). The number of hydrogen-bond acceptors (Lipinski definition) is 3. The molecule has 1 heterocycles. The molecule has 1 saturated heterocycles. The monoisotopic (exact) mass is 361 g/mol. The lowest BCUT2D eigenvalue weighted by atomic mass is 9.92. The molecule has 1 aliphatic heterocycles. The predicted molar refractivity (Wildman–Crippen MR) is 82.0 cm³/mol. The summed E-state index contributed by atoms with van der Waals surface area (Å²) in [6, 6.07) is 5.00. The van der Waals surface area contributed by atoms with Gasteiger partial charge < -0.3 is 14.8 Å². The van der Waals surface area contributed by atoms with Gasteiger partial charge in [0.25, 0.3) is 5.91 Å². The third-order valence-corrected chi connectivity index (χ3v) is 4.80. The minimum atomic E-state index is -0.264. The molecule has 1 N–H and O–H groups in total. The average Bonchev–Trinajstić information content (AvgIpc) is 2.47. The van der Waals surface area contributed by atoms with Crippen LogP contribution in [0.2, 0.25) is 5.02 Å². The number of hydrogen-bond donors (Lipinski definition) is 1. The first-order chi connectivity index (χ1) is 9.60. The summed E-state index contributed by atoms with van der Waals surface area (Å²) in [6.45, 7) is 1.31. The summed E-state index contributed by atoms with van der Waals surface area (Å²) in [5, 5.41) is 4.34. The maximum absolute atomic E-state index is 12.5. The van der Waals surface area contributed by atoms with Crippen molar-refractivity contribution in [2.75, 3.05) is 25.7 Å².